The summed E-state index contributed by atoms with van der Waals surface area (Å²) in [6, 6.07) is -0.829. The van der Waals surface area contributed by atoms with Gasteiger partial charge < -0.3 is 14.2 Å². The van der Waals surface area contributed by atoms with Gasteiger partial charge in [0, 0.05) is 0 Å². The minimum absolute atomic E-state index is 0.0230. The summed E-state index contributed by atoms with van der Waals surface area (Å²) in [6.45, 7) is 3.77. The molecule has 1 unspecified atom stereocenters. The SMILES string of the molecule is COC1=CC(NOC(C)(C)C)C(=C=O)C(OC)=C1OCC(F)(F)F. The molecule has 0 spiro atoms. The van der Waals surface area contributed by atoms with Crippen LogP contribution in [0.1, 0.15) is 20.8 Å². The number of alkyl halides is 3. The average Bonchev–Trinajstić information content (AvgIpc) is 2.47. The summed E-state index contributed by atoms with van der Waals surface area (Å²) >= 11 is 0. The van der Waals surface area contributed by atoms with Gasteiger partial charge in [0.15, 0.2) is 18.1 Å². The van der Waals surface area contributed by atoms with Gasteiger partial charge in [0.2, 0.25) is 5.76 Å². The zero-order valence-electron chi connectivity index (χ0n) is 14.0. The molecule has 0 aromatic rings. The second kappa shape index (κ2) is 7.74. The zero-order chi connectivity index (χ0) is 18.5. The Morgan fingerprint density at radius 1 is 1.17 bits per heavy atom. The van der Waals surface area contributed by atoms with Crippen molar-refractivity contribution in [2.45, 2.75) is 38.6 Å². The predicted octanol–water partition coefficient (Wildman–Crippen LogP) is 2.41. The quantitative estimate of drug-likeness (QED) is 0.586. The first-order chi connectivity index (χ1) is 11.0. The number of carbonyl (C=O) groups excluding carboxylic acids is 1. The van der Waals surface area contributed by atoms with E-state index in [1.165, 1.54) is 20.3 Å². The Bertz CT molecular complexity index is 569. The Morgan fingerprint density at radius 3 is 2.21 bits per heavy atom. The summed E-state index contributed by atoms with van der Waals surface area (Å²) in [5.74, 6) is 1.09. The molecule has 1 aliphatic rings. The summed E-state index contributed by atoms with van der Waals surface area (Å²) < 4.78 is 52.1. The molecule has 0 fully saturated rings. The third kappa shape index (κ3) is 5.59. The molecular formula is C15H20F3NO5. The molecule has 0 aromatic carbocycles. The maximum Gasteiger partial charge on any atom is 0.422 e. The molecule has 6 nitrogen and oxygen atoms in total. The first-order valence-electron chi connectivity index (χ1n) is 6.95. The van der Waals surface area contributed by atoms with Crippen molar-refractivity contribution in [3.05, 3.63) is 28.9 Å². The van der Waals surface area contributed by atoms with Crippen molar-refractivity contribution in [3.63, 3.8) is 0 Å². The number of hydroxylamine groups is 1. The molecule has 1 N–H and O–H groups in total. The van der Waals surface area contributed by atoms with E-state index in [9.17, 15) is 18.0 Å². The molecule has 1 rings (SSSR count). The van der Waals surface area contributed by atoms with Gasteiger partial charge in [0.05, 0.1) is 25.9 Å². The number of halogens is 3. The van der Waals surface area contributed by atoms with Crippen molar-refractivity contribution in [2.75, 3.05) is 20.8 Å². The maximum absolute atomic E-state index is 12.4. The highest BCUT2D eigenvalue weighted by Crippen LogP contribution is 2.32. The van der Waals surface area contributed by atoms with E-state index in [-0.39, 0.29) is 22.9 Å². The van der Waals surface area contributed by atoms with E-state index in [1.807, 2.05) is 0 Å². The topological polar surface area (TPSA) is 66.0 Å². The second-order valence-electron chi connectivity index (χ2n) is 5.83. The Kier molecular flexibility index (Phi) is 6.48. The molecule has 24 heavy (non-hydrogen) atoms. The lowest BCUT2D eigenvalue weighted by molar-refractivity contribution is -0.165. The van der Waals surface area contributed by atoms with Gasteiger partial charge >= 0.3 is 6.18 Å². The number of hydrogen-bond donors (Lipinski definition) is 1. The van der Waals surface area contributed by atoms with Crippen LogP contribution in [0.3, 0.4) is 0 Å². The molecule has 0 bridgehead atoms. The van der Waals surface area contributed by atoms with Crippen molar-refractivity contribution in [2.24, 2.45) is 0 Å². The average molecular weight is 351 g/mol. The Labute approximate surface area is 137 Å². The van der Waals surface area contributed by atoms with Crippen LogP contribution in [0.2, 0.25) is 0 Å². The molecule has 9 heteroatoms. The second-order valence-corrected chi connectivity index (χ2v) is 5.83. The van der Waals surface area contributed by atoms with E-state index in [0.717, 1.165) is 0 Å². The van der Waals surface area contributed by atoms with Gasteiger partial charge in [0.25, 0.3) is 0 Å². The van der Waals surface area contributed by atoms with E-state index in [2.05, 4.69) is 5.48 Å². The van der Waals surface area contributed by atoms with E-state index >= 15 is 0 Å². The molecule has 0 saturated carbocycles. The standard InChI is InChI=1S/C15H20F3NO5/c1-14(2,3)24-19-10-6-11(21-4)13(23-8-15(16,17)18)12(22-5)9(10)7-20/h6,10,19H,8H2,1-5H3. The Balaban J connectivity index is 3.16. The molecule has 1 atom stereocenters. The lowest BCUT2D eigenvalue weighted by Crippen LogP contribution is -2.39. The molecule has 0 aliphatic heterocycles. The van der Waals surface area contributed by atoms with Crippen LogP contribution in [0.5, 0.6) is 0 Å². The zero-order valence-corrected chi connectivity index (χ0v) is 14.0. The van der Waals surface area contributed by atoms with Crippen LogP contribution in [-0.4, -0.2) is 44.6 Å². The largest absolute Gasteiger partial charge is 0.493 e. The molecule has 0 aromatic heterocycles. The molecule has 1 aliphatic carbocycles. The Morgan fingerprint density at radius 2 is 1.79 bits per heavy atom. The molecule has 0 amide bonds. The van der Waals surface area contributed by atoms with Crippen LogP contribution in [-0.2, 0) is 23.8 Å². The highest BCUT2D eigenvalue weighted by Gasteiger charge is 2.35. The van der Waals surface area contributed by atoms with Crippen molar-refractivity contribution in [3.8, 4) is 0 Å². The van der Waals surface area contributed by atoms with Gasteiger partial charge in [-0.3, -0.25) is 4.84 Å². The van der Waals surface area contributed by atoms with Crippen molar-refractivity contribution in [1.29, 1.82) is 0 Å². The molecule has 0 heterocycles. The maximum atomic E-state index is 12.4. The fraction of sp³-hybridized carbons (Fsp3) is 0.600. The lowest BCUT2D eigenvalue weighted by atomic mass is 9.99. The van der Waals surface area contributed by atoms with E-state index in [0.29, 0.717) is 0 Å². The van der Waals surface area contributed by atoms with Gasteiger partial charge in [-0.05, 0) is 26.8 Å². The van der Waals surface area contributed by atoms with Crippen LogP contribution >= 0.6 is 0 Å². The predicted molar refractivity (Wildman–Crippen MR) is 78.1 cm³/mol. The van der Waals surface area contributed by atoms with E-state index in [1.54, 1.807) is 26.7 Å². The van der Waals surface area contributed by atoms with E-state index < -0.39 is 24.4 Å². The molecule has 0 saturated heterocycles. The molecular weight excluding hydrogens is 331 g/mol. The third-order valence-corrected chi connectivity index (χ3v) is 2.71. The number of ether oxygens (including phenoxy) is 3. The van der Waals surface area contributed by atoms with Gasteiger partial charge in [-0.1, -0.05) is 0 Å². The fourth-order valence-corrected chi connectivity index (χ4v) is 1.78. The minimum Gasteiger partial charge on any atom is -0.493 e. The minimum atomic E-state index is -4.56. The highest BCUT2D eigenvalue weighted by atomic mass is 19.4. The molecule has 0 radical (unpaired) electrons. The summed E-state index contributed by atoms with van der Waals surface area (Å²) in [6.07, 6.45) is -3.21. The lowest BCUT2D eigenvalue weighted by Gasteiger charge is -2.28. The third-order valence-electron chi connectivity index (χ3n) is 2.71. The van der Waals surface area contributed by atoms with Gasteiger partial charge in [-0.25, -0.2) is 4.79 Å². The van der Waals surface area contributed by atoms with Gasteiger partial charge in [-0.2, -0.15) is 18.7 Å². The number of hydrogen-bond acceptors (Lipinski definition) is 6. The number of rotatable bonds is 6. The fourth-order valence-electron chi connectivity index (χ4n) is 1.78. The van der Waals surface area contributed by atoms with Crippen molar-refractivity contribution < 1.29 is 37.0 Å². The van der Waals surface area contributed by atoms with E-state index in [4.69, 9.17) is 19.0 Å². The first kappa shape index (κ1) is 20.1. The summed E-state index contributed by atoms with van der Waals surface area (Å²) in [7, 11) is 2.46. The monoisotopic (exact) mass is 351 g/mol. The van der Waals surface area contributed by atoms with Crippen molar-refractivity contribution in [1.82, 2.24) is 5.48 Å². The van der Waals surface area contributed by atoms with Crippen LogP contribution in [0.4, 0.5) is 13.2 Å². The number of methoxy groups -OCH3 is 2. The van der Waals surface area contributed by atoms with Crippen LogP contribution in [0, 0.1) is 0 Å². The van der Waals surface area contributed by atoms with Crippen molar-refractivity contribution >= 4 is 5.94 Å². The number of nitrogens with one attached hydrogen (secondary N) is 1. The Hall–Kier alpha value is -1.96. The van der Waals surface area contributed by atoms with Crippen LogP contribution < -0.4 is 5.48 Å². The summed E-state index contributed by atoms with van der Waals surface area (Å²) in [5.41, 5.74) is 1.97. The summed E-state index contributed by atoms with van der Waals surface area (Å²) in [4.78, 5) is 16.7. The first-order valence-corrected chi connectivity index (χ1v) is 6.95. The summed E-state index contributed by atoms with van der Waals surface area (Å²) in [5, 5.41) is 0. The van der Waals surface area contributed by atoms with Crippen LogP contribution in [0.15, 0.2) is 28.9 Å². The van der Waals surface area contributed by atoms with Gasteiger partial charge in [-0.15, -0.1) is 0 Å². The normalized spacial score (nSPS) is 18.9. The smallest absolute Gasteiger partial charge is 0.422 e. The molecule has 136 valence electrons. The van der Waals surface area contributed by atoms with Crippen LogP contribution in [0.25, 0.3) is 0 Å². The highest BCUT2D eigenvalue weighted by molar-refractivity contribution is 5.66. The van der Waals surface area contributed by atoms with Gasteiger partial charge in [0.1, 0.15) is 11.5 Å².